The van der Waals surface area contributed by atoms with E-state index in [2.05, 4.69) is 222 Å². The van der Waals surface area contributed by atoms with Crippen LogP contribution in [0.1, 0.15) is 0 Å². The van der Waals surface area contributed by atoms with E-state index in [1.165, 1.54) is 52.3 Å². The number of nitrogens with zero attached hydrogens (tertiary/aromatic N) is 3. The van der Waals surface area contributed by atoms with Crippen molar-refractivity contribution in [3.63, 3.8) is 0 Å². The van der Waals surface area contributed by atoms with E-state index >= 15 is 0 Å². The number of hydrogen-bond donors (Lipinski definition) is 0. The zero-order valence-electron chi connectivity index (χ0n) is 32.4. The summed E-state index contributed by atoms with van der Waals surface area (Å²) < 4.78 is 6.17. The normalized spacial score (nSPS) is 11.7. The number of thiazole rings is 1. The number of benzene rings is 9. The number of fused-ring (bicyclic) bond motifs is 7. The molecule has 0 bridgehead atoms. The van der Waals surface area contributed by atoms with E-state index in [1.54, 1.807) is 11.3 Å². The highest BCUT2D eigenvalue weighted by molar-refractivity contribution is 7.27. The minimum Gasteiger partial charge on any atom is -0.310 e. The molecule has 0 unspecified atom stereocenters. The third-order valence-electron chi connectivity index (χ3n) is 11.6. The van der Waals surface area contributed by atoms with E-state index in [0.29, 0.717) is 0 Å². The molecule has 60 heavy (non-hydrogen) atoms. The van der Waals surface area contributed by atoms with Gasteiger partial charge in [0.05, 0.1) is 26.9 Å². The summed E-state index contributed by atoms with van der Waals surface area (Å²) >= 11 is 3.64. The molecule has 5 heteroatoms. The van der Waals surface area contributed by atoms with Crippen LogP contribution in [0.15, 0.2) is 212 Å². The molecular weight excluding hydrogens is 767 g/mol. The molecule has 0 aliphatic rings. The second-order valence-corrected chi connectivity index (χ2v) is 17.2. The highest BCUT2D eigenvalue weighted by atomic mass is 32.1. The minimum atomic E-state index is 1.04. The summed E-state index contributed by atoms with van der Waals surface area (Å²) in [4.78, 5) is 7.81. The van der Waals surface area contributed by atoms with Crippen molar-refractivity contribution in [2.75, 3.05) is 4.90 Å². The quantitative estimate of drug-likeness (QED) is 0.160. The van der Waals surface area contributed by atoms with Crippen LogP contribution in [-0.2, 0) is 0 Å². The fourth-order valence-electron chi connectivity index (χ4n) is 8.94. The van der Waals surface area contributed by atoms with Crippen LogP contribution in [0, 0.1) is 0 Å². The van der Waals surface area contributed by atoms with Crippen molar-refractivity contribution < 1.29 is 0 Å². The molecule has 0 aliphatic carbocycles. The molecule has 0 atom stereocenters. The van der Waals surface area contributed by atoms with E-state index < -0.39 is 0 Å². The first kappa shape index (κ1) is 34.7. The van der Waals surface area contributed by atoms with Crippen molar-refractivity contribution in [2.45, 2.75) is 0 Å². The second-order valence-electron chi connectivity index (χ2n) is 15.1. The molecule has 0 saturated carbocycles. The third kappa shape index (κ3) is 5.66. The molecule has 0 spiro atoms. The lowest BCUT2D eigenvalue weighted by molar-refractivity contribution is 1.18. The monoisotopic (exact) mass is 801 g/mol. The average molecular weight is 802 g/mol. The topological polar surface area (TPSA) is 21.1 Å². The molecule has 0 amide bonds. The van der Waals surface area contributed by atoms with E-state index in [4.69, 9.17) is 4.98 Å². The lowest BCUT2D eigenvalue weighted by Crippen LogP contribution is -2.11. The van der Waals surface area contributed by atoms with Gasteiger partial charge < -0.3 is 9.47 Å². The largest absolute Gasteiger partial charge is 0.310 e. The van der Waals surface area contributed by atoms with Gasteiger partial charge in [-0.15, -0.1) is 22.7 Å². The molecule has 0 N–H and O–H groups in total. The summed E-state index contributed by atoms with van der Waals surface area (Å²) in [5.41, 5.74) is 13.6. The van der Waals surface area contributed by atoms with Crippen LogP contribution in [0.3, 0.4) is 0 Å². The van der Waals surface area contributed by atoms with Crippen LogP contribution in [0.25, 0.3) is 90.7 Å². The van der Waals surface area contributed by atoms with Gasteiger partial charge in [-0.3, -0.25) is 0 Å². The molecule has 3 nitrogen and oxygen atoms in total. The average Bonchev–Trinajstić information content (AvgIpc) is 4.01. The first-order chi connectivity index (χ1) is 29.8. The van der Waals surface area contributed by atoms with Gasteiger partial charge in [-0.1, -0.05) is 152 Å². The lowest BCUT2D eigenvalue weighted by atomic mass is 9.97. The summed E-state index contributed by atoms with van der Waals surface area (Å²) in [6, 6.07) is 76.7. The molecule has 3 aromatic heterocycles. The summed E-state index contributed by atoms with van der Waals surface area (Å²) in [7, 11) is 0. The Morgan fingerprint density at radius 2 is 1.05 bits per heavy atom. The van der Waals surface area contributed by atoms with E-state index in [-0.39, 0.29) is 0 Å². The summed E-state index contributed by atoms with van der Waals surface area (Å²) in [6.45, 7) is 0. The van der Waals surface area contributed by atoms with Gasteiger partial charge in [-0.25, -0.2) is 4.98 Å². The third-order valence-corrected chi connectivity index (χ3v) is 13.8. The maximum absolute atomic E-state index is 5.38. The maximum atomic E-state index is 5.38. The highest BCUT2D eigenvalue weighted by Gasteiger charge is 2.22. The molecule has 0 radical (unpaired) electrons. The smallest absolute Gasteiger partial charge is 0.124 e. The molecule has 0 saturated heterocycles. The Morgan fingerprint density at radius 3 is 1.85 bits per heavy atom. The predicted molar refractivity (Wildman–Crippen MR) is 258 cm³/mol. The van der Waals surface area contributed by atoms with Crippen molar-refractivity contribution in [1.82, 2.24) is 9.55 Å². The van der Waals surface area contributed by atoms with E-state index in [1.807, 2.05) is 11.3 Å². The van der Waals surface area contributed by atoms with Gasteiger partial charge in [0.15, 0.2) is 0 Å². The molecule has 9 aromatic carbocycles. The molecule has 0 aliphatic heterocycles. The first-order valence-corrected chi connectivity index (χ1v) is 21.8. The summed E-state index contributed by atoms with van der Waals surface area (Å²) in [5, 5.41) is 6.04. The van der Waals surface area contributed by atoms with Crippen molar-refractivity contribution in [2.24, 2.45) is 0 Å². The molecule has 282 valence electrons. The molecule has 0 fully saturated rings. The van der Waals surface area contributed by atoms with Gasteiger partial charge in [-0.05, 0) is 71.8 Å². The fraction of sp³-hybridized carbons (Fsp3) is 0. The highest BCUT2D eigenvalue weighted by Crippen LogP contribution is 2.48. The minimum absolute atomic E-state index is 1.04. The number of aromatic nitrogens is 2. The zero-order valence-corrected chi connectivity index (χ0v) is 34.0. The Bertz CT molecular complexity index is 3530. The van der Waals surface area contributed by atoms with Gasteiger partial charge in [-0.2, -0.15) is 0 Å². The first-order valence-electron chi connectivity index (χ1n) is 20.2. The Morgan fingerprint density at radius 1 is 0.417 bits per heavy atom. The van der Waals surface area contributed by atoms with Crippen LogP contribution in [0.4, 0.5) is 17.1 Å². The Balaban J connectivity index is 1.08. The predicted octanol–water partition coefficient (Wildman–Crippen LogP) is 16.2. The van der Waals surface area contributed by atoms with Crippen LogP contribution >= 0.6 is 22.7 Å². The summed E-state index contributed by atoms with van der Waals surface area (Å²) in [6.07, 6.45) is 0. The lowest BCUT2D eigenvalue weighted by Gasteiger charge is -2.28. The summed E-state index contributed by atoms with van der Waals surface area (Å²) in [5.74, 6) is 0. The van der Waals surface area contributed by atoms with Crippen LogP contribution in [0.5, 0.6) is 0 Å². The van der Waals surface area contributed by atoms with E-state index in [9.17, 15) is 0 Å². The van der Waals surface area contributed by atoms with Gasteiger partial charge in [0.25, 0.3) is 0 Å². The zero-order chi connectivity index (χ0) is 39.6. The maximum Gasteiger partial charge on any atom is 0.124 e. The molecular formula is C55H35N3S2. The SMILES string of the molecule is c1ccc(-c2nc3c(-c4ccc(N(c5ccc6c7ccccc7n(-c7ccccc7)c6c5)c5ccccc5-c5ccccc5)cc4)c4c(cc3s2)sc2ccccc24)cc1. The number of hydrogen-bond acceptors (Lipinski definition) is 4. The Labute approximate surface area is 355 Å². The van der Waals surface area contributed by atoms with E-state index in [0.717, 1.165) is 55.5 Å². The van der Waals surface area contributed by atoms with Gasteiger partial charge >= 0.3 is 0 Å². The molecule has 12 rings (SSSR count). The van der Waals surface area contributed by atoms with Crippen LogP contribution in [0.2, 0.25) is 0 Å². The van der Waals surface area contributed by atoms with Crippen LogP contribution in [-0.4, -0.2) is 9.55 Å². The Hall–Kier alpha value is -7.31. The fourth-order valence-corrected chi connectivity index (χ4v) is 11.2. The van der Waals surface area contributed by atoms with Crippen molar-refractivity contribution in [3.05, 3.63) is 212 Å². The second kappa shape index (κ2) is 14.2. The Kier molecular flexibility index (Phi) is 8.22. The van der Waals surface area contributed by atoms with Crippen molar-refractivity contribution >= 4 is 91.9 Å². The van der Waals surface area contributed by atoms with Crippen LogP contribution < -0.4 is 4.90 Å². The van der Waals surface area contributed by atoms with Gasteiger partial charge in [0.1, 0.15) is 5.01 Å². The van der Waals surface area contributed by atoms with Crippen molar-refractivity contribution in [3.8, 4) is 38.5 Å². The number of rotatable bonds is 7. The van der Waals surface area contributed by atoms with Crippen molar-refractivity contribution in [1.29, 1.82) is 0 Å². The standard InChI is InChI=1S/C55H35N3S2/c1-4-16-36(17-5-1)42-22-10-13-25-46(42)57(41-32-33-44-43-23-11-14-26-47(43)58(48(44)34-41)39-20-8-3-9-21-39)40-30-28-37(29-31-40)52-53-45-24-12-15-27-49(45)59-50(53)35-51-54(52)56-55(60-51)38-18-6-2-7-19-38/h1-35H. The molecule has 3 heterocycles. The number of thiophene rings is 1. The van der Waals surface area contributed by atoms with Gasteiger partial charge in [0.2, 0.25) is 0 Å². The number of para-hydroxylation sites is 3. The molecule has 12 aromatic rings. The van der Waals surface area contributed by atoms with Gasteiger partial charge in [0, 0.05) is 64.7 Å². The number of anilines is 3.